The summed E-state index contributed by atoms with van der Waals surface area (Å²) >= 11 is 0. The van der Waals surface area contributed by atoms with Crippen molar-refractivity contribution in [3.8, 4) is 85.1 Å². The molecule has 7 nitrogen and oxygen atoms in total. The maximum Gasteiger partial charge on any atom is 0.238 e. The molecule has 0 saturated heterocycles. The molecule has 0 aliphatic carbocycles. The number of aromatic nitrogens is 4. The van der Waals surface area contributed by atoms with Crippen LogP contribution in [0.2, 0.25) is 0 Å². The van der Waals surface area contributed by atoms with Crippen LogP contribution in [0.3, 0.4) is 0 Å². The lowest BCUT2D eigenvalue weighted by molar-refractivity contribution is 0.446. The van der Waals surface area contributed by atoms with E-state index in [2.05, 4.69) is 149 Å². The average Bonchev–Trinajstić information content (AvgIpc) is 3.70. The molecule has 0 N–H and O–H groups in total. The number of fused-ring (bicyclic) bond motifs is 7. The van der Waals surface area contributed by atoms with Gasteiger partial charge in [-0.15, -0.1) is 0 Å². The van der Waals surface area contributed by atoms with Crippen LogP contribution in [-0.2, 0) is 0 Å². The molecule has 4 heterocycles. The molecule has 0 radical (unpaired) electrons. The number of para-hydroxylation sites is 1. The van der Waals surface area contributed by atoms with E-state index < -0.39 is 0 Å². The van der Waals surface area contributed by atoms with Crippen molar-refractivity contribution >= 4 is 38.9 Å². The van der Waals surface area contributed by atoms with Crippen LogP contribution in [0, 0.1) is 0 Å². The maximum absolute atomic E-state index is 6.92. The molecule has 2 aliphatic heterocycles. The Labute approximate surface area is 368 Å². The first-order valence-corrected chi connectivity index (χ1v) is 21.3. The fourth-order valence-electron chi connectivity index (χ4n) is 9.18. The summed E-state index contributed by atoms with van der Waals surface area (Å²) in [5.41, 5.74) is 13.0. The van der Waals surface area contributed by atoms with Crippen molar-refractivity contribution in [3.63, 3.8) is 0 Å². The van der Waals surface area contributed by atoms with Crippen molar-refractivity contribution in [2.75, 3.05) is 4.90 Å². The molecule has 0 fully saturated rings. The van der Waals surface area contributed by atoms with Gasteiger partial charge in [-0.05, 0) is 88.0 Å². The summed E-state index contributed by atoms with van der Waals surface area (Å²) in [5, 5.41) is 2.16. The van der Waals surface area contributed by atoms with Crippen molar-refractivity contribution in [3.05, 3.63) is 212 Å². The van der Waals surface area contributed by atoms with Gasteiger partial charge in [0.15, 0.2) is 34.6 Å². The highest BCUT2D eigenvalue weighted by Gasteiger charge is 2.36. The van der Waals surface area contributed by atoms with Crippen LogP contribution < -0.4 is 14.4 Å². The highest BCUT2D eigenvalue weighted by Crippen LogP contribution is 2.61. The molecule has 11 aromatic rings. The van der Waals surface area contributed by atoms with Crippen molar-refractivity contribution in [1.29, 1.82) is 0 Å². The molecule has 9 aromatic carbocycles. The number of hydrogen-bond donors (Lipinski definition) is 0. The molecule has 300 valence electrons. The topological polar surface area (TPSA) is 65.3 Å². The fourth-order valence-corrected chi connectivity index (χ4v) is 9.18. The third kappa shape index (κ3) is 5.86. The van der Waals surface area contributed by atoms with E-state index in [-0.39, 0.29) is 0 Å². The van der Waals surface area contributed by atoms with Crippen LogP contribution in [0.1, 0.15) is 0 Å². The van der Waals surface area contributed by atoms with Crippen molar-refractivity contribution in [2.24, 2.45) is 0 Å². The predicted octanol–water partition coefficient (Wildman–Crippen LogP) is 15.0. The summed E-state index contributed by atoms with van der Waals surface area (Å²) in [6, 6.07) is 73.2. The lowest BCUT2D eigenvalue weighted by Gasteiger charge is -2.38. The van der Waals surface area contributed by atoms with Crippen LogP contribution in [0.25, 0.3) is 83.9 Å². The Hall–Kier alpha value is -8.81. The molecule has 7 heteroatoms. The second-order valence-corrected chi connectivity index (χ2v) is 16.1. The average molecular weight is 822 g/mol. The Morgan fingerprint density at radius 1 is 0.312 bits per heavy atom. The first-order valence-electron chi connectivity index (χ1n) is 21.3. The van der Waals surface area contributed by atoms with E-state index in [0.29, 0.717) is 17.6 Å². The Bertz CT molecular complexity index is 3440. The monoisotopic (exact) mass is 821 g/mol. The first-order chi connectivity index (χ1) is 31.7. The molecule has 0 spiro atoms. The van der Waals surface area contributed by atoms with E-state index in [0.717, 1.165) is 106 Å². The highest BCUT2D eigenvalue weighted by molar-refractivity contribution is 6.10. The smallest absolute Gasteiger partial charge is 0.238 e. The molecular weight excluding hydrogens is 787 g/mol. The number of benzene rings is 9. The lowest BCUT2D eigenvalue weighted by Crippen LogP contribution is -2.20. The van der Waals surface area contributed by atoms with E-state index in [1.165, 1.54) is 0 Å². The summed E-state index contributed by atoms with van der Waals surface area (Å²) < 4.78 is 16.0. The van der Waals surface area contributed by atoms with Crippen LogP contribution in [0.5, 0.6) is 23.0 Å². The number of nitrogens with zero attached hydrogens (tertiary/aromatic N) is 5. The number of ether oxygens (including phenoxy) is 2. The van der Waals surface area contributed by atoms with Crippen LogP contribution >= 0.6 is 0 Å². The van der Waals surface area contributed by atoms with Gasteiger partial charge < -0.3 is 9.47 Å². The number of anilines is 3. The van der Waals surface area contributed by atoms with Crippen LogP contribution in [0.15, 0.2) is 212 Å². The molecule has 2 aliphatic rings. The van der Waals surface area contributed by atoms with Gasteiger partial charge in [-0.2, -0.15) is 9.97 Å². The van der Waals surface area contributed by atoms with Gasteiger partial charge >= 0.3 is 0 Å². The minimum absolute atomic E-state index is 0.550. The summed E-state index contributed by atoms with van der Waals surface area (Å²) in [4.78, 5) is 17.5. The lowest BCUT2D eigenvalue weighted by atomic mass is 9.98. The second-order valence-electron chi connectivity index (χ2n) is 16.1. The molecule has 64 heavy (non-hydrogen) atoms. The zero-order chi connectivity index (χ0) is 42.1. The van der Waals surface area contributed by atoms with Gasteiger partial charge in [-0.25, -0.2) is 4.98 Å². The van der Waals surface area contributed by atoms with E-state index in [1.54, 1.807) is 0 Å². The molecule has 0 unspecified atom stereocenters. The van der Waals surface area contributed by atoms with Gasteiger partial charge in [0.25, 0.3) is 0 Å². The zero-order valence-electron chi connectivity index (χ0n) is 34.3. The van der Waals surface area contributed by atoms with Gasteiger partial charge in [-0.3, -0.25) is 9.47 Å². The molecular formula is C57H35N5O2. The summed E-state index contributed by atoms with van der Waals surface area (Å²) in [6.07, 6.45) is 0. The summed E-state index contributed by atoms with van der Waals surface area (Å²) in [7, 11) is 0. The van der Waals surface area contributed by atoms with Gasteiger partial charge in [0.2, 0.25) is 5.95 Å². The van der Waals surface area contributed by atoms with Gasteiger partial charge in [0.05, 0.1) is 22.4 Å². The number of hydrogen-bond acceptors (Lipinski definition) is 6. The third-order valence-electron chi connectivity index (χ3n) is 12.2. The predicted molar refractivity (Wildman–Crippen MR) is 256 cm³/mol. The Morgan fingerprint density at radius 3 is 1.30 bits per heavy atom. The maximum atomic E-state index is 6.92. The fraction of sp³-hybridized carbons (Fsp3) is 0. The Kier molecular flexibility index (Phi) is 8.08. The quantitative estimate of drug-likeness (QED) is 0.166. The minimum Gasteiger partial charge on any atom is -0.453 e. The molecule has 0 saturated carbocycles. The largest absolute Gasteiger partial charge is 0.453 e. The molecule has 0 atom stereocenters. The van der Waals surface area contributed by atoms with E-state index in [4.69, 9.17) is 24.4 Å². The molecule has 2 aromatic heterocycles. The zero-order valence-corrected chi connectivity index (χ0v) is 34.3. The van der Waals surface area contributed by atoms with Crippen molar-refractivity contribution in [2.45, 2.75) is 0 Å². The third-order valence-corrected chi connectivity index (χ3v) is 12.2. The second kappa shape index (κ2) is 14.4. The van der Waals surface area contributed by atoms with Gasteiger partial charge in [0.1, 0.15) is 5.69 Å². The minimum atomic E-state index is 0.550. The van der Waals surface area contributed by atoms with Crippen molar-refractivity contribution < 1.29 is 9.47 Å². The molecule has 13 rings (SSSR count). The highest BCUT2D eigenvalue weighted by atomic mass is 16.5. The SMILES string of the molecule is c1ccc(-c2ccc3c(c2)Oc2cc(-c4ccc5c(c4)c4ccccc4n5-c4nc(-c5ccccc5)nc(-c5ccccc5)n4)cc4c2N3c2ccc(-c3ccccc3)cc2O4)cc1. The van der Waals surface area contributed by atoms with Crippen molar-refractivity contribution in [1.82, 2.24) is 19.5 Å². The Balaban J connectivity index is 0.979. The molecule has 0 amide bonds. The van der Waals surface area contributed by atoms with E-state index in [9.17, 15) is 0 Å². The van der Waals surface area contributed by atoms with Gasteiger partial charge in [0, 0.05) is 21.9 Å². The normalized spacial score (nSPS) is 12.3. The standard InChI is InChI=1S/C57H35N5O2/c1-5-15-36(16-6-1)41-26-29-48-50(32-41)63-52-34-43(35-53-54(52)61(48)49-30-27-42(33-51(49)64-53)37-17-7-2-8-18-37)40-25-28-47-45(31-40)44-23-13-14-24-46(44)62(47)57-59-55(38-19-9-3-10-20-38)58-56(60-57)39-21-11-4-12-22-39/h1-35H. The van der Waals surface area contributed by atoms with E-state index in [1.807, 2.05) is 72.8 Å². The molecule has 0 bridgehead atoms. The van der Waals surface area contributed by atoms with Crippen LogP contribution in [0.4, 0.5) is 17.1 Å². The first kappa shape index (κ1) is 35.9. The Morgan fingerprint density at radius 2 is 0.750 bits per heavy atom. The van der Waals surface area contributed by atoms with Crippen LogP contribution in [-0.4, -0.2) is 19.5 Å². The summed E-state index contributed by atoms with van der Waals surface area (Å²) in [6.45, 7) is 0. The number of rotatable bonds is 6. The van der Waals surface area contributed by atoms with Gasteiger partial charge in [-0.1, -0.05) is 158 Å². The summed E-state index contributed by atoms with van der Waals surface area (Å²) in [5.74, 6) is 4.76. The van der Waals surface area contributed by atoms with E-state index >= 15 is 0 Å².